The molecule has 25 heavy (non-hydrogen) atoms. The first-order valence-electron chi connectivity index (χ1n) is 8.53. The third-order valence-corrected chi connectivity index (χ3v) is 4.33. The van der Waals surface area contributed by atoms with Crippen molar-refractivity contribution in [2.24, 2.45) is 0 Å². The van der Waals surface area contributed by atoms with Gasteiger partial charge in [0.2, 0.25) is 0 Å². The first-order chi connectivity index (χ1) is 12.0. The Morgan fingerprint density at radius 2 is 1.88 bits per heavy atom. The largest absolute Gasteiger partial charge is 0.452 e. The van der Waals surface area contributed by atoms with Crippen molar-refractivity contribution in [2.75, 3.05) is 13.2 Å². The van der Waals surface area contributed by atoms with Crippen LogP contribution in [0.15, 0.2) is 24.3 Å². The van der Waals surface area contributed by atoms with E-state index in [4.69, 9.17) is 4.74 Å². The van der Waals surface area contributed by atoms with Crippen LogP contribution in [-0.2, 0) is 9.53 Å². The number of esters is 1. The van der Waals surface area contributed by atoms with E-state index in [1.165, 1.54) is 30.7 Å². The molecule has 0 spiro atoms. The second-order valence-corrected chi connectivity index (χ2v) is 5.92. The highest BCUT2D eigenvalue weighted by Gasteiger charge is 2.25. The van der Waals surface area contributed by atoms with Crippen molar-refractivity contribution in [2.45, 2.75) is 51.7 Å². The van der Waals surface area contributed by atoms with Gasteiger partial charge in [-0.1, -0.05) is 31.4 Å². The van der Waals surface area contributed by atoms with Crippen LogP contribution in [0.2, 0.25) is 0 Å². The molecular formula is C18H23F2NO4. The van der Waals surface area contributed by atoms with Gasteiger partial charge in [0.25, 0.3) is 5.91 Å². The highest BCUT2D eigenvalue weighted by molar-refractivity contribution is 5.94. The number of amides is 1. The van der Waals surface area contributed by atoms with Gasteiger partial charge in [-0.25, -0.2) is 4.79 Å². The lowest BCUT2D eigenvalue weighted by atomic mass is 9.94. The Kier molecular flexibility index (Phi) is 7.16. The highest BCUT2D eigenvalue weighted by atomic mass is 19.3. The summed E-state index contributed by atoms with van der Waals surface area (Å²) in [5, 5.41) is 0. The molecule has 1 saturated carbocycles. The fourth-order valence-corrected chi connectivity index (χ4v) is 3.15. The fourth-order valence-electron chi connectivity index (χ4n) is 3.15. The minimum absolute atomic E-state index is 0.128. The number of benzene rings is 1. The highest BCUT2D eigenvalue weighted by Crippen LogP contribution is 2.23. The molecule has 7 heteroatoms. The van der Waals surface area contributed by atoms with E-state index < -0.39 is 19.2 Å². The molecule has 0 N–H and O–H groups in total. The third-order valence-electron chi connectivity index (χ3n) is 4.33. The molecule has 138 valence electrons. The summed E-state index contributed by atoms with van der Waals surface area (Å²) in [6.45, 7) is -1.02. The lowest BCUT2D eigenvalue weighted by molar-refractivity contribution is -0.137. The molecule has 0 saturated heterocycles. The zero-order chi connectivity index (χ0) is 18.2. The van der Waals surface area contributed by atoms with E-state index in [0.29, 0.717) is 6.54 Å². The summed E-state index contributed by atoms with van der Waals surface area (Å²) in [7, 11) is 0. The van der Waals surface area contributed by atoms with E-state index in [1.54, 1.807) is 4.90 Å². The van der Waals surface area contributed by atoms with Gasteiger partial charge in [-0.3, -0.25) is 4.79 Å². The van der Waals surface area contributed by atoms with Crippen LogP contribution < -0.4 is 4.74 Å². The van der Waals surface area contributed by atoms with Gasteiger partial charge in [-0.2, -0.15) is 8.78 Å². The lowest BCUT2D eigenvalue weighted by Gasteiger charge is -2.33. The molecule has 1 aliphatic carbocycles. The Hall–Kier alpha value is -2.18. The molecule has 0 aromatic heterocycles. The predicted octanol–water partition coefficient (Wildman–Crippen LogP) is 3.63. The van der Waals surface area contributed by atoms with Gasteiger partial charge in [0.05, 0.1) is 0 Å². The molecule has 0 atom stereocenters. The Labute approximate surface area is 145 Å². The Morgan fingerprint density at radius 1 is 1.20 bits per heavy atom. The fraction of sp³-hybridized carbons (Fsp3) is 0.556. The number of halogens is 2. The average Bonchev–Trinajstić information content (AvgIpc) is 2.61. The first kappa shape index (κ1) is 19.1. The van der Waals surface area contributed by atoms with Crippen molar-refractivity contribution in [1.82, 2.24) is 4.90 Å². The molecular weight excluding hydrogens is 332 g/mol. The molecule has 0 radical (unpaired) electrons. The molecule has 0 bridgehead atoms. The molecule has 0 heterocycles. The smallest absolute Gasteiger partial charge is 0.387 e. The number of ether oxygens (including phenoxy) is 2. The summed E-state index contributed by atoms with van der Waals surface area (Å²) in [4.78, 5) is 26.2. The summed E-state index contributed by atoms with van der Waals surface area (Å²) in [5.74, 6) is -1.39. The van der Waals surface area contributed by atoms with Crippen molar-refractivity contribution in [3.05, 3.63) is 29.8 Å². The number of hydrogen-bond acceptors (Lipinski definition) is 4. The van der Waals surface area contributed by atoms with Crippen LogP contribution in [0.3, 0.4) is 0 Å². The third kappa shape index (κ3) is 5.41. The molecule has 1 aromatic carbocycles. The van der Waals surface area contributed by atoms with E-state index in [9.17, 15) is 18.4 Å². The average molecular weight is 355 g/mol. The molecule has 2 rings (SSSR count). The number of likely N-dealkylation sites (N-methyl/N-ethyl adjacent to an activating group) is 1. The monoisotopic (exact) mass is 355 g/mol. The summed E-state index contributed by atoms with van der Waals surface area (Å²) < 4.78 is 34.1. The maximum Gasteiger partial charge on any atom is 0.387 e. The van der Waals surface area contributed by atoms with Gasteiger partial charge in [-0.05, 0) is 31.9 Å². The number of rotatable bonds is 7. The number of carbonyl (C=O) groups excluding carboxylic acids is 2. The van der Waals surface area contributed by atoms with Crippen LogP contribution in [-0.4, -0.2) is 42.6 Å². The minimum atomic E-state index is -3.04. The van der Waals surface area contributed by atoms with E-state index in [2.05, 4.69) is 4.74 Å². The molecule has 1 aromatic rings. The van der Waals surface area contributed by atoms with Crippen LogP contribution in [0.25, 0.3) is 0 Å². The van der Waals surface area contributed by atoms with E-state index in [-0.39, 0.29) is 23.3 Å². The second-order valence-electron chi connectivity index (χ2n) is 5.92. The zero-order valence-electron chi connectivity index (χ0n) is 14.2. The second kappa shape index (κ2) is 9.34. The maximum atomic E-state index is 12.4. The van der Waals surface area contributed by atoms with Crippen LogP contribution in [0, 0.1) is 0 Å². The summed E-state index contributed by atoms with van der Waals surface area (Å²) in [6, 6.07) is 5.74. The summed E-state index contributed by atoms with van der Waals surface area (Å²) in [6.07, 6.45) is 5.27. The van der Waals surface area contributed by atoms with Crippen molar-refractivity contribution in [3.63, 3.8) is 0 Å². The number of para-hydroxylation sites is 1. The summed E-state index contributed by atoms with van der Waals surface area (Å²) in [5.41, 5.74) is -0.128. The van der Waals surface area contributed by atoms with E-state index in [0.717, 1.165) is 25.7 Å². The summed E-state index contributed by atoms with van der Waals surface area (Å²) >= 11 is 0. The number of nitrogens with zero attached hydrogens (tertiary/aromatic N) is 1. The molecule has 0 aliphatic heterocycles. The normalized spacial score (nSPS) is 15.0. The van der Waals surface area contributed by atoms with Crippen LogP contribution in [0.1, 0.15) is 49.4 Å². The van der Waals surface area contributed by atoms with Crippen LogP contribution in [0.5, 0.6) is 5.75 Å². The van der Waals surface area contributed by atoms with Crippen molar-refractivity contribution < 1.29 is 27.8 Å². The predicted molar refractivity (Wildman–Crippen MR) is 87.6 cm³/mol. The van der Waals surface area contributed by atoms with Crippen LogP contribution >= 0.6 is 0 Å². The van der Waals surface area contributed by atoms with Gasteiger partial charge in [-0.15, -0.1) is 0 Å². The van der Waals surface area contributed by atoms with Gasteiger partial charge in [0.1, 0.15) is 11.3 Å². The molecule has 1 amide bonds. The maximum absolute atomic E-state index is 12.4. The van der Waals surface area contributed by atoms with Crippen molar-refractivity contribution in [3.8, 4) is 5.75 Å². The van der Waals surface area contributed by atoms with Crippen LogP contribution in [0.4, 0.5) is 8.78 Å². The Morgan fingerprint density at radius 3 is 2.52 bits per heavy atom. The SMILES string of the molecule is CCN(C(=O)COC(=O)c1ccccc1OC(F)F)C1CCCCC1. The van der Waals surface area contributed by atoms with Crippen molar-refractivity contribution >= 4 is 11.9 Å². The minimum Gasteiger partial charge on any atom is -0.452 e. The van der Waals surface area contributed by atoms with Gasteiger partial charge in [0, 0.05) is 12.6 Å². The first-order valence-corrected chi connectivity index (χ1v) is 8.53. The van der Waals surface area contributed by atoms with E-state index in [1.807, 2.05) is 6.92 Å². The zero-order valence-corrected chi connectivity index (χ0v) is 14.2. The Balaban J connectivity index is 1.95. The topological polar surface area (TPSA) is 55.8 Å². The van der Waals surface area contributed by atoms with Gasteiger partial charge in [0.15, 0.2) is 6.61 Å². The molecule has 1 fully saturated rings. The molecule has 1 aliphatic rings. The van der Waals surface area contributed by atoms with Crippen molar-refractivity contribution in [1.29, 1.82) is 0 Å². The van der Waals surface area contributed by atoms with Gasteiger partial charge >= 0.3 is 12.6 Å². The Bertz CT molecular complexity index is 588. The standard InChI is InChI=1S/C18H23F2NO4/c1-2-21(13-8-4-3-5-9-13)16(22)12-24-17(23)14-10-6-7-11-15(14)25-18(19)20/h6-7,10-11,13,18H,2-5,8-9,12H2,1H3. The number of hydrogen-bond donors (Lipinski definition) is 0. The van der Waals surface area contributed by atoms with E-state index >= 15 is 0 Å². The molecule has 5 nitrogen and oxygen atoms in total. The lowest BCUT2D eigenvalue weighted by Crippen LogP contribution is -2.43. The molecule has 0 unspecified atom stereocenters. The number of carbonyl (C=O) groups is 2. The quantitative estimate of drug-likeness (QED) is 0.701. The number of alkyl halides is 2. The van der Waals surface area contributed by atoms with Gasteiger partial charge < -0.3 is 14.4 Å².